The molecule has 98 valence electrons. The molecule has 2 rings (SSSR count). The predicted molar refractivity (Wildman–Crippen MR) is 67.9 cm³/mol. The fraction of sp³-hybridized carbons (Fsp3) is 0.364. The second-order valence-corrected chi connectivity index (χ2v) is 4.82. The molecule has 0 aliphatic rings. The maximum atomic E-state index is 11.1. The van der Waals surface area contributed by atoms with Crippen LogP contribution in [0.25, 0.3) is 5.65 Å². The first-order chi connectivity index (χ1) is 8.95. The summed E-state index contributed by atoms with van der Waals surface area (Å²) in [6.45, 7) is 3.84. The second kappa shape index (κ2) is 4.82. The molecule has 0 aromatic carbocycles. The predicted octanol–water partition coefficient (Wildman–Crippen LogP) is 2.36. The van der Waals surface area contributed by atoms with E-state index in [2.05, 4.69) is 10.1 Å². The molecule has 0 unspecified atom stereocenters. The zero-order valence-electron chi connectivity index (χ0n) is 10.3. The Labute approximate surface area is 113 Å². The summed E-state index contributed by atoms with van der Waals surface area (Å²) in [5, 5.41) is 23.8. The largest absolute Gasteiger partial charge is 0.327 e. The van der Waals surface area contributed by atoms with Gasteiger partial charge in [-0.15, -0.1) is 0 Å². The van der Waals surface area contributed by atoms with Crippen LogP contribution in [0.1, 0.15) is 25.1 Å². The molecule has 0 spiro atoms. The Hall–Kier alpha value is -2.20. The van der Waals surface area contributed by atoms with Crippen molar-refractivity contribution in [1.29, 1.82) is 5.26 Å². The van der Waals surface area contributed by atoms with E-state index in [0.717, 1.165) is 4.52 Å². The van der Waals surface area contributed by atoms with Crippen LogP contribution in [0.4, 0.5) is 5.69 Å². The van der Waals surface area contributed by atoms with E-state index in [-0.39, 0.29) is 33.7 Å². The van der Waals surface area contributed by atoms with Crippen LogP contribution in [0.5, 0.6) is 0 Å². The smallest absolute Gasteiger partial charge is 0.258 e. The summed E-state index contributed by atoms with van der Waals surface area (Å²) < 4.78 is 1.11. The van der Waals surface area contributed by atoms with Crippen LogP contribution in [-0.2, 0) is 6.42 Å². The third kappa shape index (κ3) is 2.22. The number of rotatable bonds is 3. The maximum Gasteiger partial charge on any atom is 0.327 e. The van der Waals surface area contributed by atoms with E-state index in [9.17, 15) is 10.1 Å². The lowest BCUT2D eigenvalue weighted by Crippen LogP contribution is -2.07. The van der Waals surface area contributed by atoms with Gasteiger partial charge in [-0.05, 0) is 12.3 Å². The first-order valence-electron chi connectivity index (χ1n) is 5.56. The fourth-order valence-corrected chi connectivity index (χ4v) is 2.08. The molecule has 8 heteroatoms. The Kier molecular flexibility index (Phi) is 3.36. The number of hydrogen-bond acceptors (Lipinski definition) is 5. The van der Waals surface area contributed by atoms with Crippen molar-refractivity contribution in [2.24, 2.45) is 5.92 Å². The third-order valence-corrected chi connectivity index (χ3v) is 2.88. The number of nitrogens with zero attached hydrogens (tertiary/aromatic N) is 5. The summed E-state index contributed by atoms with van der Waals surface area (Å²) >= 11 is 6.00. The van der Waals surface area contributed by atoms with E-state index in [1.54, 1.807) is 0 Å². The molecule has 2 aromatic rings. The fourth-order valence-electron chi connectivity index (χ4n) is 1.78. The first kappa shape index (κ1) is 13.2. The monoisotopic (exact) mass is 279 g/mol. The molecule has 0 fully saturated rings. The van der Waals surface area contributed by atoms with Crippen LogP contribution in [0.3, 0.4) is 0 Å². The van der Waals surface area contributed by atoms with Gasteiger partial charge in [0.15, 0.2) is 5.65 Å². The third-order valence-electron chi connectivity index (χ3n) is 2.54. The van der Waals surface area contributed by atoms with Crippen molar-refractivity contribution < 1.29 is 4.92 Å². The summed E-state index contributed by atoms with van der Waals surface area (Å²) in [4.78, 5) is 14.7. The van der Waals surface area contributed by atoms with Crippen LogP contribution in [0, 0.1) is 27.4 Å². The Morgan fingerprint density at radius 1 is 1.63 bits per heavy atom. The molecule has 0 bridgehead atoms. The topological polar surface area (TPSA) is 97.1 Å². The van der Waals surface area contributed by atoms with E-state index >= 15 is 0 Å². The van der Waals surface area contributed by atoms with Gasteiger partial charge in [-0.2, -0.15) is 14.9 Å². The Morgan fingerprint density at radius 2 is 2.32 bits per heavy atom. The van der Waals surface area contributed by atoms with Crippen LogP contribution in [0.2, 0.25) is 5.15 Å². The molecule has 0 aliphatic carbocycles. The lowest BCUT2D eigenvalue weighted by Gasteiger charge is -2.07. The van der Waals surface area contributed by atoms with Crippen molar-refractivity contribution in [3.05, 3.63) is 32.7 Å². The minimum Gasteiger partial charge on any atom is -0.258 e. The van der Waals surface area contributed by atoms with Gasteiger partial charge in [-0.25, -0.2) is 4.98 Å². The normalized spacial score (nSPS) is 10.9. The molecule has 0 saturated carbocycles. The van der Waals surface area contributed by atoms with Gasteiger partial charge < -0.3 is 0 Å². The van der Waals surface area contributed by atoms with Crippen molar-refractivity contribution in [1.82, 2.24) is 14.6 Å². The zero-order valence-corrected chi connectivity index (χ0v) is 11.0. The SMILES string of the molecule is CC(C)Cc1nc2c(C#N)cnn2c(Cl)c1[N+](=O)[O-]. The number of halogens is 1. The molecule has 0 N–H and O–H groups in total. The average molecular weight is 280 g/mol. The van der Waals surface area contributed by atoms with Gasteiger partial charge in [-0.3, -0.25) is 10.1 Å². The Morgan fingerprint density at radius 3 is 2.84 bits per heavy atom. The summed E-state index contributed by atoms with van der Waals surface area (Å²) in [6.07, 6.45) is 1.69. The number of aromatic nitrogens is 3. The second-order valence-electron chi connectivity index (χ2n) is 4.46. The van der Waals surface area contributed by atoms with E-state index < -0.39 is 4.92 Å². The van der Waals surface area contributed by atoms with E-state index in [0.29, 0.717) is 6.42 Å². The lowest BCUT2D eigenvalue weighted by atomic mass is 10.1. The van der Waals surface area contributed by atoms with Gasteiger partial charge in [0, 0.05) is 0 Å². The van der Waals surface area contributed by atoms with Crippen LogP contribution in [0.15, 0.2) is 6.20 Å². The molecular weight excluding hydrogens is 270 g/mol. The number of hydrogen-bond donors (Lipinski definition) is 0. The van der Waals surface area contributed by atoms with Gasteiger partial charge in [0.2, 0.25) is 5.15 Å². The van der Waals surface area contributed by atoms with E-state index in [4.69, 9.17) is 16.9 Å². The van der Waals surface area contributed by atoms with Crippen molar-refractivity contribution in [3.8, 4) is 6.07 Å². The van der Waals surface area contributed by atoms with Gasteiger partial charge in [0.25, 0.3) is 0 Å². The maximum absolute atomic E-state index is 11.1. The summed E-state index contributed by atoms with van der Waals surface area (Å²) in [7, 11) is 0. The van der Waals surface area contributed by atoms with Crippen molar-refractivity contribution in [3.63, 3.8) is 0 Å². The van der Waals surface area contributed by atoms with Gasteiger partial charge in [-0.1, -0.05) is 25.4 Å². The van der Waals surface area contributed by atoms with Crippen molar-refractivity contribution in [2.75, 3.05) is 0 Å². The number of fused-ring (bicyclic) bond motifs is 1. The van der Waals surface area contributed by atoms with Crippen molar-refractivity contribution >= 4 is 22.9 Å². The molecule has 7 nitrogen and oxygen atoms in total. The molecule has 0 aliphatic heterocycles. The number of nitriles is 1. The van der Waals surface area contributed by atoms with Gasteiger partial charge >= 0.3 is 5.69 Å². The standard InChI is InChI=1S/C11H10ClN5O2/c1-6(2)3-8-9(17(18)19)10(12)16-11(15-8)7(4-13)5-14-16/h5-6H,3H2,1-2H3. The van der Waals surface area contributed by atoms with Gasteiger partial charge in [0.1, 0.15) is 17.3 Å². The van der Waals surface area contributed by atoms with Crippen LogP contribution in [-0.4, -0.2) is 19.5 Å². The van der Waals surface area contributed by atoms with Crippen LogP contribution < -0.4 is 0 Å². The molecule has 0 saturated heterocycles. The summed E-state index contributed by atoms with van der Waals surface area (Å²) in [5.74, 6) is 0.179. The van der Waals surface area contributed by atoms with Gasteiger partial charge in [0.05, 0.1) is 11.1 Å². The molecular formula is C11H10ClN5O2. The summed E-state index contributed by atoms with van der Waals surface area (Å²) in [6, 6.07) is 1.93. The molecule has 19 heavy (non-hydrogen) atoms. The Bertz CT molecular complexity index is 701. The van der Waals surface area contributed by atoms with Crippen LogP contribution >= 0.6 is 11.6 Å². The highest BCUT2D eigenvalue weighted by Crippen LogP contribution is 2.30. The highest BCUT2D eigenvalue weighted by Gasteiger charge is 2.26. The lowest BCUT2D eigenvalue weighted by molar-refractivity contribution is -0.386. The average Bonchev–Trinajstić information content (AvgIpc) is 2.70. The quantitative estimate of drug-likeness (QED) is 0.488. The highest BCUT2D eigenvalue weighted by atomic mass is 35.5. The molecule has 0 amide bonds. The molecule has 2 aromatic heterocycles. The molecule has 2 heterocycles. The molecule has 0 radical (unpaired) electrons. The minimum atomic E-state index is -0.569. The van der Waals surface area contributed by atoms with Crippen molar-refractivity contribution in [2.45, 2.75) is 20.3 Å². The number of nitro groups is 1. The highest BCUT2D eigenvalue weighted by molar-refractivity contribution is 6.31. The van der Waals surface area contributed by atoms with E-state index in [1.807, 2.05) is 19.9 Å². The minimum absolute atomic E-state index is 0.132. The Balaban J connectivity index is 2.80. The first-order valence-corrected chi connectivity index (χ1v) is 5.94. The summed E-state index contributed by atoms with van der Waals surface area (Å²) in [5.41, 5.74) is 0.500. The molecule has 0 atom stereocenters. The zero-order chi connectivity index (χ0) is 14.2. The van der Waals surface area contributed by atoms with E-state index in [1.165, 1.54) is 6.20 Å².